The van der Waals surface area contributed by atoms with Gasteiger partial charge in [0.2, 0.25) is 0 Å². The van der Waals surface area contributed by atoms with Gasteiger partial charge in [-0.25, -0.2) is 10.2 Å². The molecule has 36 heavy (non-hydrogen) atoms. The SMILES string of the molecule is O=C1c2cccc3c(Br)ccc(c23)C(=O)N1n1cc(CCNOCc2ccccc2)c2ccccc21. The zero-order valence-corrected chi connectivity index (χ0v) is 20.9. The fourth-order valence-corrected chi connectivity index (χ4v) is 5.27. The van der Waals surface area contributed by atoms with Gasteiger partial charge in [-0.05, 0) is 47.2 Å². The van der Waals surface area contributed by atoms with Crippen LogP contribution in [0, 0.1) is 0 Å². The van der Waals surface area contributed by atoms with Crippen LogP contribution in [0.25, 0.3) is 21.7 Å². The summed E-state index contributed by atoms with van der Waals surface area (Å²) in [5.74, 6) is -0.680. The van der Waals surface area contributed by atoms with Crippen LogP contribution in [0.3, 0.4) is 0 Å². The molecule has 2 heterocycles. The molecule has 6 rings (SSSR count). The lowest BCUT2D eigenvalue weighted by atomic mass is 9.95. The van der Waals surface area contributed by atoms with Gasteiger partial charge in [0.1, 0.15) is 0 Å². The number of benzene rings is 4. The van der Waals surface area contributed by atoms with Crippen LogP contribution in [0.15, 0.2) is 95.6 Å². The van der Waals surface area contributed by atoms with Gasteiger partial charge in [0.25, 0.3) is 11.8 Å². The van der Waals surface area contributed by atoms with Crippen molar-refractivity contribution in [3.05, 3.63) is 118 Å². The Morgan fingerprint density at radius 3 is 2.33 bits per heavy atom. The van der Waals surface area contributed by atoms with Crippen molar-refractivity contribution in [1.29, 1.82) is 0 Å². The molecule has 0 atom stereocenters. The van der Waals surface area contributed by atoms with Crippen LogP contribution in [0.5, 0.6) is 0 Å². The number of para-hydroxylation sites is 1. The van der Waals surface area contributed by atoms with Crippen molar-refractivity contribution in [3.63, 3.8) is 0 Å². The van der Waals surface area contributed by atoms with Gasteiger partial charge in [0.15, 0.2) is 0 Å². The summed E-state index contributed by atoms with van der Waals surface area (Å²) in [7, 11) is 0. The van der Waals surface area contributed by atoms with E-state index in [2.05, 4.69) is 21.4 Å². The molecule has 178 valence electrons. The molecule has 2 amide bonds. The van der Waals surface area contributed by atoms with Crippen LogP contribution < -0.4 is 10.5 Å². The smallest absolute Gasteiger partial charge is 0.280 e. The van der Waals surface area contributed by atoms with E-state index in [1.54, 1.807) is 16.8 Å². The summed E-state index contributed by atoms with van der Waals surface area (Å²) in [6.07, 6.45) is 2.54. The van der Waals surface area contributed by atoms with Gasteiger partial charge in [-0.3, -0.25) is 14.4 Å². The third kappa shape index (κ3) is 3.82. The van der Waals surface area contributed by atoms with E-state index in [-0.39, 0.29) is 11.8 Å². The molecular weight excluding hydrogens is 518 g/mol. The van der Waals surface area contributed by atoms with Gasteiger partial charge >= 0.3 is 0 Å². The number of imide groups is 1. The number of aromatic nitrogens is 1. The summed E-state index contributed by atoms with van der Waals surface area (Å²) in [6.45, 7) is 1.05. The topological polar surface area (TPSA) is 63.6 Å². The van der Waals surface area contributed by atoms with E-state index >= 15 is 0 Å². The maximum absolute atomic E-state index is 13.6. The molecule has 0 radical (unpaired) electrons. The average Bonchev–Trinajstić information content (AvgIpc) is 3.27. The van der Waals surface area contributed by atoms with Crippen LogP contribution in [-0.4, -0.2) is 23.0 Å². The lowest BCUT2D eigenvalue weighted by molar-refractivity contribution is 0.0289. The summed E-state index contributed by atoms with van der Waals surface area (Å²) in [6, 6.07) is 26.9. The van der Waals surface area contributed by atoms with E-state index in [4.69, 9.17) is 4.84 Å². The van der Waals surface area contributed by atoms with Gasteiger partial charge in [-0.15, -0.1) is 0 Å². The lowest BCUT2D eigenvalue weighted by Gasteiger charge is -2.28. The van der Waals surface area contributed by atoms with Crippen molar-refractivity contribution in [2.24, 2.45) is 0 Å². The Morgan fingerprint density at radius 1 is 0.778 bits per heavy atom. The molecular formula is C29H22BrN3O3. The highest BCUT2D eigenvalue weighted by atomic mass is 79.9. The predicted molar refractivity (Wildman–Crippen MR) is 143 cm³/mol. The van der Waals surface area contributed by atoms with Crippen LogP contribution in [0.4, 0.5) is 0 Å². The maximum atomic E-state index is 13.6. The van der Waals surface area contributed by atoms with E-state index in [9.17, 15) is 9.59 Å². The van der Waals surface area contributed by atoms with E-state index in [1.807, 2.05) is 79.0 Å². The first-order valence-corrected chi connectivity index (χ1v) is 12.5. The third-order valence-electron chi connectivity index (χ3n) is 6.50. The number of hydrogen-bond donors (Lipinski definition) is 1. The first kappa shape index (κ1) is 22.7. The number of rotatable bonds is 7. The van der Waals surface area contributed by atoms with Crippen LogP contribution in [0.1, 0.15) is 31.8 Å². The van der Waals surface area contributed by atoms with Crippen molar-refractivity contribution in [3.8, 4) is 0 Å². The number of hydroxylamine groups is 1. The molecule has 7 heteroatoms. The Balaban J connectivity index is 1.30. The van der Waals surface area contributed by atoms with E-state index in [0.717, 1.165) is 31.9 Å². The van der Waals surface area contributed by atoms with Gasteiger partial charge < -0.3 is 0 Å². The van der Waals surface area contributed by atoms with E-state index in [1.165, 1.54) is 5.01 Å². The molecule has 1 aliphatic heterocycles. The highest BCUT2D eigenvalue weighted by molar-refractivity contribution is 9.10. The minimum absolute atomic E-state index is 0.340. The van der Waals surface area contributed by atoms with Crippen molar-refractivity contribution >= 4 is 49.4 Å². The largest absolute Gasteiger partial charge is 0.297 e. The monoisotopic (exact) mass is 539 g/mol. The molecule has 0 spiro atoms. The molecule has 1 aromatic heterocycles. The maximum Gasteiger partial charge on any atom is 0.280 e. The number of hydrogen-bond acceptors (Lipinski definition) is 4. The normalized spacial score (nSPS) is 13.2. The van der Waals surface area contributed by atoms with E-state index in [0.29, 0.717) is 36.1 Å². The summed E-state index contributed by atoms with van der Waals surface area (Å²) in [5.41, 5.74) is 6.95. The Kier molecular flexibility index (Phi) is 5.89. The van der Waals surface area contributed by atoms with Crippen LogP contribution in [-0.2, 0) is 17.9 Å². The van der Waals surface area contributed by atoms with Crippen LogP contribution in [0.2, 0.25) is 0 Å². The Morgan fingerprint density at radius 2 is 1.50 bits per heavy atom. The van der Waals surface area contributed by atoms with Crippen molar-refractivity contribution in [2.45, 2.75) is 13.0 Å². The second kappa shape index (κ2) is 9.35. The van der Waals surface area contributed by atoms with Crippen LogP contribution >= 0.6 is 15.9 Å². The fourth-order valence-electron chi connectivity index (χ4n) is 4.81. The standard InChI is InChI=1S/C29H22BrN3O3/c30-25-14-13-24-27-22(25)10-6-11-23(27)28(34)33(29(24)35)32-17-20(21-9-4-5-12-26(21)32)15-16-31-36-18-19-7-2-1-3-8-19/h1-14,17,31H,15-16,18H2. The highest BCUT2D eigenvalue weighted by Gasteiger charge is 2.35. The zero-order chi connectivity index (χ0) is 24.6. The van der Waals surface area contributed by atoms with E-state index < -0.39 is 0 Å². The van der Waals surface area contributed by atoms with Gasteiger partial charge in [0, 0.05) is 28.0 Å². The number of fused-ring (bicyclic) bond motifs is 1. The number of amides is 2. The molecule has 0 aliphatic carbocycles. The molecule has 1 N–H and O–H groups in total. The predicted octanol–water partition coefficient (Wildman–Crippen LogP) is 5.75. The summed E-state index contributed by atoms with van der Waals surface area (Å²) < 4.78 is 2.54. The first-order chi connectivity index (χ1) is 17.6. The highest BCUT2D eigenvalue weighted by Crippen LogP contribution is 2.35. The molecule has 0 unspecified atom stereocenters. The number of nitrogens with one attached hydrogen (secondary N) is 1. The second-order valence-electron chi connectivity index (χ2n) is 8.68. The lowest BCUT2D eigenvalue weighted by Crippen LogP contribution is -2.47. The van der Waals surface area contributed by atoms with Crippen molar-refractivity contribution in [2.75, 3.05) is 11.6 Å². The molecule has 0 saturated carbocycles. The van der Waals surface area contributed by atoms with Gasteiger partial charge in [0.05, 0.1) is 23.3 Å². The molecule has 0 fully saturated rings. The molecule has 0 saturated heterocycles. The zero-order valence-electron chi connectivity index (χ0n) is 19.3. The quantitative estimate of drug-likeness (QED) is 0.162. The summed E-state index contributed by atoms with van der Waals surface area (Å²) >= 11 is 3.54. The number of nitrogens with zero attached hydrogens (tertiary/aromatic N) is 2. The van der Waals surface area contributed by atoms with Crippen molar-refractivity contribution in [1.82, 2.24) is 10.2 Å². The average molecular weight is 540 g/mol. The van der Waals surface area contributed by atoms with Gasteiger partial charge in [-0.2, -0.15) is 5.01 Å². The third-order valence-corrected chi connectivity index (χ3v) is 7.20. The fraction of sp³-hybridized carbons (Fsp3) is 0.103. The molecule has 4 aromatic carbocycles. The number of carbonyl (C=O) groups excluding carboxylic acids is 2. The molecule has 6 nitrogen and oxygen atoms in total. The Hall–Kier alpha value is -3.78. The molecule has 1 aliphatic rings. The summed E-state index contributed by atoms with van der Waals surface area (Å²) in [5, 5.41) is 3.78. The molecule has 0 bridgehead atoms. The van der Waals surface area contributed by atoms with Gasteiger partial charge in [-0.1, -0.05) is 76.6 Å². The minimum atomic E-state index is -0.340. The minimum Gasteiger partial charge on any atom is -0.297 e. The Bertz CT molecular complexity index is 1610. The molecule has 5 aromatic rings. The second-order valence-corrected chi connectivity index (χ2v) is 9.53. The van der Waals surface area contributed by atoms with Crippen molar-refractivity contribution < 1.29 is 14.4 Å². The summed E-state index contributed by atoms with van der Waals surface area (Å²) in [4.78, 5) is 32.9. The Labute approximate surface area is 216 Å². The number of carbonyl (C=O) groups is 2. The first-order valence-electron chi connectivity index (χ1n) is 11.7. The number of halogens is 1.